The maximum absolute atomic E-state index is 13.4. The molecule has 1 unspecified atom stereocenters. The van der Waals surface area contributed by atoms with Crippen molar-refractivity contribution in [2.24, 2.45) is 0 Å². The molecule has 46 heteroatoms. The average molecular weight is 1510 g/mol. The molecule has 46 nitrogen and oxygen atoms in total. The molecule has 3 amide bonds. The van der Waals surface area contributed by atoms with E-state index in [1.165, 1.54) is 6.92 Å². The van der Waals surface area contributed by atoms with Gasteiger partial charge >= 0.3 is 5.97 Å². The third kappa shape index (κ3) is 18.6. The molecule has 0 aliphatic carbocycles. The first-order chi connectivity index (χ1) is 48.5. The molecule has 27 N–H and O–H groups in total. The Balaban J connectivity index is 1.19. The largest absolute Gasteiger partial charge is 0.477 e. The topological polar surface area (TPSA) is 728 Å². The van der Waals surface area contributed by atoms with Crippen LogP contribution in [0.15, 0.2) is 0 Å². The summed E-state index contributed by atoms with van der Waals surface area (Å²) in [6.45, 7) is -4.03. The summed E-state index contributed by atoms with van der Waals surface area (Å²) in [4.78, 5) is 52.3. The third-order valence-corrected chi connectivity index (χ3v) is 18.8. The van der Waals surface area contributed by atoms with Gasteiger partial charge in [-0.3, -0.25) is 14.4 Å². The molecule has 8 heterocycles. The maximum Gasteiger partial charge on any atom is 0.364 e. The highest BCUT2D eigenvalue weighted by Gasteiger charge is 2.61. The molecule has 8 rings (SSSR count). The molecule has 0 aromatic rings. The standard InChI is InChI=1S/C57H95N3O43/c1-13-28(71)34(77)39(82)52(91-13)101-47-27(60-16(4)68)50(95-22(10-65)44(47)99-53-40(83)35(78)30(73)19(7-62)93-53)89-11-23-33(76)48(42(85)55(97-23)98-43-21(9-64)92-49(86)38(81)37(43)80)102-51-26(59-15(3)67)45(100-54-41(84)36(79)31(74)20(8-63)94-54)32(75)24(96-51)12-90-57(56(87)88)5-17(69)25(58-14(2)66)46(103-57)29(72)18(70)6-61/h13,17-55,61-65,69-86H,5-12H2,1-4H3,(H,58,66)(H,59,67)(H,60,68)(H,87,88)/t13-,17-,18+,19+,20+,21+,22+,23+,24+,25+,26+,27+,28+,29+,30-,31-,32+,33-,34+,35-,36-,37+,38+,39-,40+,41+,42+,43+,44+,45+,46+,47+,48-,49?,50+,51-,52-,53-,54-,55-,57+/m0/s1. The number of carbonyl (C=O) groups excluding carboxylic acids is 3. The number of rotatable bonds is 27. The lowest BCUT2D eigenvalue weighted by Crippen LogP contribution is -2.71. The van der Waals surface area contributed by atoms with E-state index in [9.17, 15) is 142 Å². The van der Waals surface area contributed by atoms with Gasteiger partial charge in [0.1, 0.15) is 183 Å². The normalized spacial score (nSPS) is 48.3. The smallest absolute Gasteiger partial charge is 0.364 e. The number of carboxylic acids is 1. The van der Waals surface area contributed by atoms with Crippen molar-refractivity contribution >= 4 is 23.7 Å². The van der Waals surface area contributed by atoms with Crippen LogP contribution in [0.4, 0.5) is 0 Å². The van der Waals surface area contributed by atoms with Gasteiger partial charge in [-0.25, -0.2) is 4.79 Å². The van der Waals surface area contributed by atoms with Gasteiger partial charge in [0.15, 0.2) is 44.0 Å². The molecule has 8 saturated heterocycles. The number of amides is 3. The molecule has 8 aliphatic rings. The van der Waals surface area contributed by atoms with E-state index in [0.717, 1.165) is 20.8 Å². The number of aliphatic carboxylic acids is 1. The Morgan fingerprint density at radius 2 is 0.835 bits per heavy atom. The van der Waals surface area contributed by atoms with Crippen molar-refractivity contribution < 1.29 is 213 Å². The summed E-state index contributed by atoms with van der Waals surface area (Å²) < 4.78 is 88.7. The Morgan fingerprint density at radius 1 is 0.417 bits per heavy atom. The van der Waals surface area contributed by atoms with Gasteiger partial charge in [0, 0.05) is 27.2 Å². The van der Waals surface area contributed by atoms with Gasteiger partial charge in [0.2, 0.25) is 17.7 Å². The number of hydrogen-bond acceptors (Lipinski definition) is 42. The number of aliphatic hydroxyl groups is 23. The third-order valence-electron chi connectivity index (χ3n) is 18.8. The number of carbonyl (C=O) groups is 4. The van der Waals surface area contributed by atoms with Crippen LogP contribution >= 0.6 is 0 Å². The predicted octanol–water partition coefficient (Wildman–Crippen LogP) is -17.8. The second-order valence-electron chi connectivity index (χ2n) is 26.1. The molecular formula is C57H95N3O43. The molecule has 0 aromatic carbocycles. The second-order valence-corrected chi connectivity index (χ2v) is 26.1. The van der Waals surface area contributed by atoms with Crippen molar-refractivity contribution in [1.29, 1.82) is 0 Å². The van der Waals surface area contributed by atoms with Gasteiger partial charge in [-0.1, -0.05) is 0 Å². The molecule has 0 aromatic heterocycles. The summed E-state index contributed by atoms with van der Waals surface area (Å²) in [6, 6.07) is -5.78. The Hall–Kier alpha value is -3.64. The van der Waals surface area contributed by atoms with Gasteiger partial charge in [0.05, 0.1) is 64.5 Å². The van der Waals surface area contributed by atoms with Crippen molar-refractivity contribution in [2.75, 3.05) is 46.2 Å². The molecule has 596 valence electrons. The number of aliphatic hydroxyl groups excluding tert-OH is 23. The first kappa shape index (κ1) is 85.0. The van der Waals surface area contributed by atoms with Gasteiger partial charge in [0.25, 0.3) is 5.79 Å². The van der Waals surface area contributed by atoms with E-state index in [1.54, 1.807) is 0 Å². The van der Waals surface area contributed by atoms with E-state index >= 15 is 0 Å². The highest BCUT2D eigenvalue weighted by molar-refractivity contribution is 5.77. The highest BCUT2D eigenvalue weighted by atomic mass is 16.8. The van der Waals surface area contributed by atoms with Crippen LogP contribution in [-0.4, -0.2) is 444 Å². The van der Waals surface area contributed by atoms with Crippen LogP contribution in [0.1, 0.15) is 34.1 Å². The van der Waals surface area contributed by atoms with Gasteiger partial charge in [-0.05, 0) is 6.92 Å². The predicted molar refractivity (Wildman–Crippen MR) is 315 cm³/mol. The lowest BCUT2D eigenvalue weighted by molar-refractivity contribution is -0.389. The van der Waals surface area contributed by atoms with Crippen LogP contribution in [0.2, 0.25) is 0 Å². The van der Waals surface area contributed by atoms with Crippen molar-refractivity contribution in [3.8, 4) is 0 Å². The number of nitrogens with one attached hydrogen (secondary N) is 3. The monoisotopic (exact) mass is 1510 g/mol. The fourth-order valence-electron chi connectivity index (χ4n) is 13.1. The molecule has 41 atom stereocenters. The second kappa shape index (κ2) is 36.3. The average Bonchev–Trinajstić information content (AvgIpc) is 0.767. The Bertz CT molecular complexity index is 2720. The zero-order valence-corrected chi connectivity index (χ0v) is 55.2. The van der Waals surface area contributed by atoms with Gasteiger partial charge in [-0.15, -0.1) is 0 Å². The Kier molecular flexibility index (Phi) is 29.9. The molecule has 0 bridgehead atoms. The van der Waals surface area contributed by atoms with Crippen molar-refractivity contribution in [3.63, 3.8) is 0 Å². The van der Waals surface area contributed by atoms with E-state index in [0.29, 0.717) is 0 Å². The number of hydrogen-bond donors (Lipinski definition) is 27. The lowest BCUT2D eigenvalue weighted by Gasteiger charge is -2.51. The van der Waals surface area contributed by atoms with Crippen LogP contribution in [0.25, 0.3) is 0 Å². The summed E-state index contributed by atoms with van der Waals surface area (Å²) in [5.41, 5.74) is 0. The fraction of sp³-hybridized carbons (Fsp3) is 0.930. The summed E-state index contributed by atoms with van der Waals surface area (Å²) in [5, 5.41) is 270. The van der Waals surface area contributed by atoms with Crippen LogP contribution in [0.3, 0.4) is 0 Å². The molecule has 0 saturated carbocycles. The van der Waals surface area contributed by atoms with E-state index in [4.69, 9.17) is 71.1 Å². The van der Waals surface area contributed by atoms with Crippen LogP contribution in [-0.2, 0) is 90.2 Å². The first-order valence-corrected chi connectivity index (χ1v) is 32.6. The van der Waals surface area contributed by atoms with E-state index in [1.807, 2.05) is 0 Å². The quantitative estimate of drug-likeness (QED) is 0.0363. The van der Waals surface area contributed by atoms with E-state index in [-0.39, 0.29) is 0 Å². The van der Waals surface area contributed by atoms with Crippen LogP contribution in [0, 0.1) is 0 Å². The lowest BCUT2D eigenvalue weighted by atomic mass is 9.88. The molecule has 0 radical (unpaired) electrons. The minimum Gasteiger partial charge on any atom is -0.477 e. The molecule has 103 heavy (non-hydrogen) atoms. The van der Waals surface area contributed by atoms with Crippen LogP contribution in [0.5, 0.6) is 0 Å². The zero-order chi connectivity index (χ0) is 76.3. The molecular weight excluding hydrogens is 1410 g/mol. The number of ether oxygens (including phenoxy) is 15. The Labute approximate surface area is 582 Å². The summed E-state index contributed by atoms with van der Waals surface area (Å²) in [7, 11) is 0. The van der Waals surface area contributed by atoms with Crippen molar-refractivity contribution in [1.82, 2.24) is 16.0 Å². The summed E-state index contributed by atoms with van der Waals surface area (Å²) in [5.74, 6) is -8.23. The molecule has 8 fully saturated rings. The van der Waals surface area contributed by atoms with E-state index < -0.39 is 327 Å². The Morgan fingerprint density at radius 3 is 1.36 bits per heavy atom. The van der Waals surface area contributed by atoms with Gasteiger partial charge in [-0.2, -0.15) is 0 Å². The molecule has 0 spiro atoms. The van der Waals surface area contributed by atoms with Crippen molar-refractivity contribution in [3.05, 3.63) is 0 Å². The first-order valence-electron chi connectivity index (χ1n) is 32.6. The highest BCUT2D eigenvalue weighted by Crippen LogP contribution is 2.40. The summed E-state index contributed by atoms with van der Waals surface area (Å²) in [6.07, 6.45) is -79.4. The zero-order valence-electron chi connectivity index (χ0n) is 55.2. The fourth-order valence-corrected chi connectivity index (χ4v) is 13.1. The molecule has 8 aliphatic heterocycles. The van der Waals surface area contributed by atoms with E-state index in [2.05, 4.69) is 16.0 Å². The van der Waals surface area contributed by atoms with Crippen LogP contribution < -0.4 is 16.0 Å². The van der Waals surface area contributed by atoms with Crippen molar-refractivity contribution in [2.45, 2.75) is 285 Å². The number of carboxylic acid groups (broad SMARTS) is 1. The SMILES string of the molecule is CC(=O)N[C@H]1[C@H](OC[C@H]2O[C@@H](O[C@H]3[C@H](O)[C@@H](O)C(O)O[C@@H]3CO)[C@H](O)[C@@H](O[C@@H]3O[C@H](CO[C@]4(C(=O)O)C[C@H](O)[C@@H](NC(C)=O)[C@H]([C@H](O)[C@H](O)CO)O4)[C@@H](O)[C@H](O[C@@H]4O[C@H](CO)[C@H](O)[C@H](O)[C@H]4O)[C@H]3NC(C)=O)[C@H]2O)O[C@H](CO)[C@@H](O[C@@H]2O[C@H](CO)[C@H](O)[C@H](O)[C@H]2O)[C@@H]1O[C@@H]1O[C@@H](C)[C@@H](O)[C@@H](O)[C@@H]1O. The minimum atomic E-state index is -3.22. The maximum atomic E-state index is 13.4. The summed E-state index contributed by atoms with van der Waals surface area (Å²) >= 11 is 0. The minimum absolute atomic E-state index is 0.870. The van der Waals surface area contributed by atoms with Gasteiger partial charge < -0.3 is 210 Å².